The van der Waals surface area contributed by atoms with Crippen molar-refractivity contribution in [1.82, 2.24) is 15.1 Å². The van der Waals surface area contributed by atoms with E-state index in [1.165, 1.54) is 7.11 Å². The number of carbonyl (C=O) groups is 3. The maximum Gasteiger partial charge on any atom is 0.335 e. The van der Waals surface area contributed by atoms with Crippen molar-refractivity contribution in [3.8, 4) is 0 Å². The SMILES string of the molecule is COC(=O)CCC1CNC(=O)C2C(CCN2Cc2ccc(C(=O)O)cc2)N1C. The molecule has 1 amide bonds. The Bertz CT molecular complexity index is 736. The number of carboxylic acid groups (broad SMARTS) is 1. The molecule has 2 N–H and O–H groups in total. The fourth-order valence-electron chi connectivity index (χ4n) is 4.20. The number of carbonyl (C=O) groups excluding carboxylic acids is 2. The molecule has 0 aromatic heterocycles. The van der Waals surface area contributed by atoms with Gasteiger partial charge in [-0.05, 0) is 37.6 Å². The van der Waals surface area contributed by atoms with Gasteiger partial charge < -0.3 is 15.2 Å². The van der Waals surface area contributed by atoms with E-state index < -0.39 is 5.97 Å². The Labute approximate surface area is 164 Å². The molecule has 28 heavy (non-hydrogen) atoms. The van der Waals surface area contributed by atoms with E-state index in [0.717, 1.165) is 18.5 Å². The average molecular weight is 389 g/mol. The van der Waals surface area contributed by atoms with Gasteiger partial charge in [-0.15, -0.1) is 0 Å². The van der Waals surface area contributed by atoms with Gasteiger partial charge in [0.1, 0.15) is 6.04 Å². The van der Waals surface area contributed by atoms with Crippen molar-refractivity contribution in [1.29, 1.82) is 0 Å². The standard InChI is InChI=1S/C20H27N3O5/c1-22-15(7-8-17(24)28-2)11-21-19(25)18-16(22)9-10-23(18)12-13-3-5-14(6-4-13)20(26)27/h3-6,15-16,18H,7-12H2,1-2H3,(H,21,25)(H,26,27). The second-order valence-corrected chi connectivity index (χ2v) is 7.45. The zero-order chi connectivity index (χ0) is 20.3. The summed E-state index contributed by atoms with van der Waals surface area (Å²) in [5.74, 6) is -1.17. The summed E-state index contributed by atoms with van der Waals surface area (Å²) in [6, 6.07) is 6.70. The Morgan fingerprint density at radius 2 is 2.00 bits per heavy atom. The van der Waals surface area contributed by atoms with Crippen LogP contribution in [0.5, 0.6) is 0 Å². The van der Waals surface area contributed by atoms with E-state index in [1.807, 2.05) is 7.05 Å². The van der Waals surface area contributed by atoms with Crippen molar-refractivity contribution in [2.75, 3.05) is 27.2 Å². The maximum atomic E-state index is 12.8. The third kappa shape index (κ3) is 4.34. The maximum absolute atomic E-state index is 12.8. The molecule has 3 unspecified atom stereocenters. The first-order chi connectivity index (χ1) is 13.4. The fraction of sp³-hybridized carbons (Fsp3) is 0.550. The number of hydrogen-bond donors (Lipinski definition) is 2. The number of benzene rings is 1. The monoisotopic (exact) mass is 389 g/mol. The molecule has 2 aliphatic rings. The molecule has 1 aromatic carbocycles. The van der Waals surface area contributed by atoms with Crippen molar-refractivity contribution < 1.29 is 24.2 Å². The van der Waals surface area contributed by atoms with Gasteiger partial charge >= 0.3 is 11.9 Å². The van der Waals surface area contributed by atoms with Crippen LogP contribution in [0.15, 0.2) is 24.3 Å². The Hall–Kier alpha value is -2.45. The van der Waals surface area contributed by atoms with E-state index >= 15 is 0 Å². The number of nitrogens with zero attached hydrogens (tertiary/aromatic N) is 2. The van der Waals surface area contributed by atoms with Gasteiger partial charge in [0.15, 0.2) is 0 Å². The van der Waals surface area contributed by atoms with Crippen LogP contribution in [0.4, 0.5) is 0 Å². The van der Waals surface area contributed by atoms with Gasteiger partial charge in [0, 0.05) is 38.1 Å². The van der Waals surface area contributed by atoms with Gasteiger partial charge in [0.05, 0.1) is 12.7 Å². The molecule has 0 saturated carbocycles. The van der Waals surface area contributed by atoms with Gasteiger partial charge in [-0.1, -0.05) is 12.1 Å². The van der Waals surface area contributed by atoms with Crippen LogP contribution >= 0.6 is 0 Å². The molecule has 0 radical (unpaired) electrons. The topological polar surface area (TPSA) is 99.2 Å². The van der Waals surface area contributed by atoms with Crippen LogP contribution in [-0.4, -0.2) is 78.1 Å². The van der Waals surface area contributed by atoms with Gasteiger partial charge in [-0.2, -0.15) is 0 Å². The predicted octanol–water partition coefficient (Wildman–Crippen LogP) is 0.711. The summed E-state index contributed by atoms with van der Waals surface area (Å²) in [4.78, 5) is 39.6. The lowest BCUT2D eigenvalue weighted by Gasteiger charge is -2.33. The molecule has 3 rings (SSSR count). The van der Waals surface area contributed by atoms with Crippen molar-refractivity contribution in [2.45, 2.75) is 43.9 Å². The van der Waals surface area contributed by atoms with Crippen molar-refractivity contribution in [2.24, 2.45) is 0 Å². The normalized spacial score (nSPS) is 25.6. The fourth-order valence-corrected chi connectivity index (χ4v) is 4.20. The molecule has 8 nitrogen and oxygen atoms in total. The van der Waals surface area contributed by atoms with Gasteiger partial charge in [0.25, 0.3) is 0 Å². The number of nitrogens with one attached hydrogen (secondary N) is 1. The summed E-state index contributed by atoms with van der Waals surface area (Å²) in [5.41, 5.74) is 1.23. The number of likely N-dealkylation sites (N-methyl/N-ethyl adjacent to an activating group) is 1. The van der Waals surface area contributed by atoms with Gasteiger partial charge in [-0.25, -0.2) is 4.79 Å². The predicted molar refractivity (Wildman–Crippen MR) is 102 cm³/mol. The third-order valence-electron chi connectivity index (χ3n) is 5.85. The van der Waals surface area contributed by atoms with Crippen LogP contribution in [0.2, 0.25) is 0 Å². The number of fused-ring (bicyclic) bond motifs is 1. The minimum Gasteiger partial charge on any atom is -0.478 e. The number of likely N-dealkylation sites (tertiary alicyclic amines) is 1. The minimum absolute atomic E-state index is 0.0112. The second-order valence-electron chi connectivity index (χ2n) is 7.45. The highest BCUT2D eigenvalue weighted by Crippen LogP contribution is 2.28. The third-order valence-corrected chi connectivity index (χ3v) is 5.85. The number of amides is 1. The zero-order valence-corrected chi connectivity index (χ0v) is 16.3. The highest BCUT2D eigenvalue weighted by atomic mass is 16.5. The molecular formula is C20H27N3O5. The van der Waals surface area contributed by atoms with Crippen LogP contribution in [0.3, 0.4) is 0 Å². The molecule has 2 aliphatic heterocycles. The first-order valence-corrected chi connectivity index (χ1v) is 9.53. The van der Waals surface area contributed by atoms with E-state index in [4.69, 9.17) is 9.84 Å². The van der Waals surface area contributed by atoms with Crippen LogP contribution in [-0.2, 0) is 20.9 Å². The summed E-state index contributed by atoms with van der Waals surface area (Å²) >= 11 is 0. The first kappa shape index (κ1) is 20.3. The van der Waals surface area contributed by atoms with Crippen molar-refractivity contribution in [3.63, 3.8) is 0 Å². The molecule has 2 heterocycles. The molecule has 1 aromatic rings. The van der Waals surface area contributed by atoms with E-state index in [1.54, 1.807) is 24.3 Å². The summed E-state index contributed by atoms with van der Waals surface area (Å²) in [7, 11) is 3.40. The number of hydrogen-bond acceptors (Lipinski definition) is 6. The number of carboxylic acids is 1. The molecule has 0 spiro atoms. The van der Waals surface area contributed by atoms with Crippen LogP contribution in [0.1, 0.15) is 35.2 Å². The number of esters is 1. The highest BCUT2D eigenvalue weighted by Gasteiger charge is 2.44. The molecule has 2 saturated heterocycles. The molecule has 2 fully saturated rings. The van der Waals surface area contributed by atoms with Crippen molar-refractivity contribution in [3.05, 3.63) is 35.4 Å². The van der Waals surface area contributed by atoms with Gasteiger partial charge in [0.2, 0.25) is 5.91 Å². The number of rotatable bonds is 6. The Morgan fingerprint density at radius 3 is 2.64 bits per heavy atom. The average Bonchev–Trinajstić information content (AvgIpc) is 3.06. The van der Waals surface area contributed by atoms with Crippen molar-refractivity contribution >= 4 is 17.8 Å². The summed E-state index contributed by atoms with van der Waals surface area (Å²) in [5, 5.41) is 12.1. The lowest BCUT2D eigenvalue weighted by molar-refractivity contribution is -0.141. The number of methoxy groups -OCH3 is 1. The lowest BCUT2D eigenvalue weighted by atomic mass is 10.0. The molecular weight excluding hydrogens is 362 g/mol. The highest BCUT2D eigenvalue weighted by molar-refractivity contribution is 5.87. The van der Waals surface area contributed by atoms with E-state index in [9.17, 15) is 14.4 Å². The van der Waals surface area contributed by atoms with E-state index in [0.29, 0.717) is 25.9 Å². The molecule has 0 bridgehead atoms. The van der Waals surface area contributed by atoms with E-state index in [2.05, 4.69) is 15.1 Å². The lowest BCUT2D eigenvalue weighted by Crippen LogP contribution is -2.49. The Morgan fingerprint density at radius 1 is 1.29 bits per heavy atom. The molecule has 152 valence electrons. The quantitative estimate of drug-likeness (QED) is 0.692. The molecule has 0 aliphatic carbocycles. The van der Waals surface area contributed by atoms with E-state index in [-0.39, 0.29) is 35.6 Å². The van der Waals surface area contributed by atoms with Crippen LogP contribution < -0.4 is 5.32 Å². The van der Waals surface area contributed by atoms with Crippen LogP contribution in [0, 0.1) is 0 Å². The van der Waals surface area contributed by atoms with Gasteiger partial charge in [-0.3, -0.25) is 19.4 Å². The molecule has 8 heteroatoms. The number of ether oxygens (including phenoxy) is 1. The largest absolute Gasteiger partial charge is 0.478 e. The first-order valence-electron chi connectivity index (χ1n) is 9.53. The zero-order valence-electron chi connectivity index (χ0n) is 16.3. The summed E-state index contributed by atoms with van der Waals surface area (Å²) in [6.07, 6.45) is 1.85. The van der Waals surface area contributed by atoms with Crippen LogP contribution in [0.25, 0.3) is 0 Å². The Balaban J connectivity index is 1.68. The summed E-state index contributed by atoms with van der Waals surface area (Å²) < 4.78 is 4.73. The minimum atomic E-state index is -0.949. The second kappa shape index (κ2) is 8.70. The Kier molecular flexibility index (Phi) is 6.31. The summed E-state index contributed by atoms with van der Waals surface area (Å²) in [6.45, 7) is 1.90. The molecule has 3 atom stereocenters. The smallest absolute Gasteiger partial charge is 0.335 e. The number of aromatic carboxylic acids is 1.